The Balaban J connectivity index is 1.24. The Morgan fingerprint density at radius 2 is 1.77 bits per heavy atom. The van der Waals surface area contributed by atoms with Crippen LogP contribution in [-0.4, -0.2) is 54.3 Å². The van der Waals surface area contributed by atoms with E-state index in [0.717, 1.165) is 11.1 Å². The van der Waals surface area contributed by atoms with Gasteiger partial charge in [-0.1, -0.05) is 42.5 Å². The molecule has 0 bridgehead atoms. The average molecular weight is 491 g/mol. The third-order valence-electron chi connectivity index (χ3n) is 6.41. The molecule has 2 saturated heterocycles. The number of benzene rings is 2. The molecule has 0 spiro atoms. The number of ether oxygens (including phenoxy) is 1. The summed E-state index contributed by atoms with van der Waals surface area (Å²) in [5.74, 6) is -0.284. The zero-order valence-electron chi connectivity index (χ0n) is 19.2. The van der Waals surface area contributed by atoms with E-state index in [-0.39, 0.29) is 35.7 Å². The number of nitrogens with zero attached hydrogens (tertiary/aromatic N) is 1. The van der Waals surface area contributed by atoms with Crippen LogP contribution in [0.3, 0.4) is 0 Å². The normalized spacial score (nSPS) is 22.4. The molecule has 0 aromatic heterocycles. The maximum absolute atomic E-state index is 12.4. The first-order chi connectivity index (χ1) is 16.8. The number of carbonyl (C=O) groups excluding carboxylic acids is 2. The molecule has 2 aromatic carbocycles. The molecule has 10 heteroatoms. The molecular weight excluding hydrogens is 461 g/mol. The molecule has 2 fully saturated rings. The highest BCUT2D eigenvalue weighted by Gasteiger charge is 2.43. The van der Waals surface area contributed by atoms with Crippen LogP contribution in [-0.2, 0) is 22.7 Å². The average Bonchev–Trinajstić information content (AvgIpc) is 3.27. The summed E-state index contributed by atoms with van der Waals surface area (Å²) in [6.07, 6.45) is -3.06. The standard InChI is InChI=1S/C25H29F3N4O3/c26-25(27,28)35-21-9-6-18(7-10-21)13-29-19-12-22-24(34)31-15-20(32(22)16-19)8-11-23(33)30-14-17-4-2-1-3-5-17/h1-7,9-10,19-20,22,29H,8,11-16H2,(H,30,33)(H,31,34)/t19-,20+,22-/m0/s1. The summed E-state index contributed by atoms with van der Waals surface area (Å²) in [5.41, 5.74) is 1.86. The predicted octanol–water partition coefficient (Wildman–Crippen LogP) is 2.71. The third-order valence-corrected chi connectivity index (χ3v) is 6.41. The van der Waals surface area contributed by atoms with E-state index in [1.165, 1.54) is 12.1 Å². The topological polar surface area (TPSA) is 82.7 Å². The summed E-state index contributed by atoms with van der Waals surface area (Å²) in [7, 11) is 0. The Morgan fingerprint density at radius 3 is 2.49 bits per heavy atom. The molecule has 2 heterocycles. The fourth-order valence-electron chi connectivity index (χ4n) is 4.65. The molecule has 2 aromatic rings. The molecule has 7 nitrogen and oxygen atoms in total. The Bertz CT molecular complexity index is 1000. The molecule has 3 N–H and O–H groups in total. The molecule has 0 aliphatic carbocycles. The lowest BCUT2D eigenvalue weighted by molar-refractivity contribution is -0.274. The first-order valence-corrected chi connectivity index (χ1v) is 11.7. The van der Waals surface area contributed by atoms with Crippen LogP contribution in [0.5, 0.6) is 5.75 Å². The second-order valence-corrected chi connectivity index (χ2v) is 8.92. The van der Waals surface area contributed by atoms with Gasteiger partial charge >= 0.3 is 6.36 Å². The van der Waals surface area contributed by atoms with E-state index < -0.39 is 6.36 Å². The highest BCUT2D eigenvalue weighted by Crippen LogP contribution is 2.27. The largest absolute Gasteiger partial charge is 0.573 e. The van der Waals surface area contributed by atoms with Gasteiger partial charge in [-0.3, -0.25) is 14.5 Å². The third kappa shape index (κ3) is 7.19. The van der Waals surface area contributed by atoms with Gasteiger partial charge in [0.2, 0.25) is 11.8 Å². The highest BCUT2D eigenvalue weighted by atomic mass is 19.4. The molecule has 188 valence electrons. The van der Waals surface area contributed by atoms with Crippen LogP contribution in [0.4, 0.5) is 13.2 Å². The van der Waals surface area contributed by atoms with Crippen molar-refractivity contribution in [3.8, 4) is 5.75 Å². The SMILES string of the molecule is O=C(CC[C@@H]1CNC(=O)[C@@H]2C[C@H](NCc3ccc(OC(F)(F)F)cc3)CN12)NCc1ccccc1. The van der Waals surface area contributed by atoms with Crippen LogP contribution >= 0.6 is 0 Å². The minimum atomic E-state index is -4.71. The van der Waals surface area contributed by atoms with Gasteiger partial charge in [0, 0.05) is 44.7 Å². The van der Waals surface area contributed by atoms with Gasteiger partial charge in [-0.15, -0.1) is 13.2 Å². The molecule has 2 aliphatic rings. The summed E-state index contributed by atoms with van der Waals surface area (Å²) < 4.78 is 40.9. The molecule has 35 heavy (non-hydrogen) atoms. The molecule has 0 saturated carbocycles. The van der Waals surface area contributed by atoms with Crippen molar-refractivity contribution in [2.24, 2.45) is 0 Å². The number of hydrogen-bond acceptors (Lipinski definition) is 5. The second kappa shape index (κ2) is 11.1. The lowest BCUT2D eigenvalue weighted by Crippen LogP contribution is -2.58. The van der Waals surface area contributed by atoms with E-state index in [9.17, 15) is 22.8 Å². The van der Waals surface area contributed by atoms with Gasteiger partial charge in [-0.05, 0) is 36.1 Å². The maximum atomic E-state index is 12.4. The molecule has 4 rings (SSSR count). The Labute approximate surface area is 202 Å². The molecule has 2 amide bonds. The minimum Gasteiger partial charge on any atom is -0.406 e. The van der Waals surface area contributed by atoms with E-state index in [1.807, 2.05) is 30.3 Å². The quantitative estimate of drug-likeness (QED) is 0.504. The van der Waals surface area contributed by atoms with E-state index in [0.29, 0.717) is 45.4 Å². The molecule has 2 aliphatic heterocycles. The summed E-state index contributed by atoms with van der Waals surface area (Å²) in [4.78, 5) is 26.9. The van der Waals surface area contributed by atoms with Crippen molar-refractivity contribution in [2.75, 3.05) is 13.1 Å². The van der Waals surface area contributed by atoms with Gasteiger partial charge in [0.25, 0.3) is 0 Å². The van der Waals surface area contributed by atoms with Crippen molar-refractivity contribution >= 4 is 11.8 Å². The smallest absolute Gasteiger partial charge is 0.406 e. The number of hydrogen-bond donors (Lipinski definition) is 3. The maximum Gasteiger partial charge on any atom is 0.573 e. The van der Waals surface area contributed by atoms with Gasteiger partial charge in [0.05, 0.1) is 6.04 Å². The van der Waals surface area contributed by atoms with Crippen molar-refractivity contribution in [1.82, 2.24) is 20.9 Å². The number of amides is 2. The fraction of sp³-hybridized carbons (Fsp3) is 0.440. The van der Waals surface area contributed by atoms with Crippen LogP contribution < -0.4 is 20.7 Å². The van der Waals surface area contributed by atoms with E-state index in [2.05, 4.69) is 25.6 Å². The molecule has 0 radical (unpaired) electrons. The second-order valence-electron chi connectivity index (χ2n) is 8.92. The Hall–Kier alpha value is -3.11. The molecular formula is C25H29F3N4O3. The number of piperazine rings is 1. The zero-order valence-corrected chi connectivity index (χ0v) is 19.2. The highest BCUT2D eigenvalue weighted by molar-refractivity contribution is 5.83. The van der Waals surface area contributed by atoms with Crippen molar-refractivity contribution < 1.29 is 27.5 Å². The summed E-state index contributed by atoms with van der Waals surface area (Å²) in [5, 5.41) is 9.30. The van der Waals surface area contributed by atoms with E-state index in [1.54, 1.807) is 12.1 Å². The fourth-order valence-corrected chi connectivity index (χ4v) is 4.65. The first-order valence-electron chi connectivity index (χ1n) is 11.7. The van der Waals surface area contributed by atoms with E-state index >= 15 is 0 Å². The number of nitrogens with one attached hydrogen (secondary N) is 3. The minimum absolute atomic E-state index is 0.00673. The Morgan fingerprint density at radius 1 is 1.06 bits per heavy atom. The summed E-state index contributed by atoms with van der Waals surface area (Å²) >= 11 is 0. The van der Waals surface area contributed by atoms with E-state index in [4.69, 9.17) is 0 Å². The van der Waals surface area contributed by atoms with Crippen molar-refractivity contribution in [1.29, 1.82) is 0 Å². The molecule has 0 unspecified atom stereocenters. The van der Waals surface area contributed by atoms with Gasteiger partial charge in [0.1, 0.15) is 5.75 Å². The van der Waals surface area contributed by atoms with Crippen LogP contribution in [0.25, 0.3) is 0 Å². The van der Waals surface area contributed by atoms with Gasteiger partial charge in [-0.25, -0.2) is 0 Å². The number of rotatable bonds is 9. The monoisotopic (exact) mass is 490 g/mol. The first kappa shape index (κ1) is 25.0. The summed E-state index contributed by atoms with van der Waals surface area (Å²) in [6.45, 7) is 2.13. The van der Waals surface area contributed by atoms with Crippen molar-refractivity contribution in [3.05, 3.63) is 65.7 Å². The van der Waals surface area contributed by atoms with Gasteiger partial charge in [0.15, 0.2) is 0 Å². The van der Waals surface area contributed by atoms with Crippen molar-refractivity contribution in [3.63, 3.8) is 0 Å². The number of halogens is 3. The summed E-state index contributed by atoms with van der Waals surface area (Å²) in [6, 6.07) is 15.3. The van der Waals surface area contributed by atoms with Crippen molar-refractivity contribution in [2.45, 2.75) is 56.8 Å². The van der Waals surface area contributed by atoms with Gasteiger partial charge < -0.3 is 20.7 Å². The van der Waals surface area contributed by atoms with Crippen LogP contribution in [0.2, 0.25) is 0 Å². The van der Waals surface area contributed by atoms with Crippen LogP contribution in [0, 0.1) is 0 Å². The van der Waals surface area contributed by atoms with Crippen LogP contribution in [0.1, 0.15) is 30.4 Å². The predicted molar refractivity (Wildman–Crippen MR) is 123 cm³/mol. The lowest BCUT2D eigenvalue weighted by atomic mass is 10.0. The zero-order chi connectivity index (χ0) is 24.8. The number of alkyl halides is 3. The lowest BCUT2D eigenvalue weighted by Gasteiger charge is -2.37. The Kier molecular flexibility index (Phi) is 7.92. The van der Waals surface area contributed by atoms with Gasteiger partial charge in [-0.2, -0.15) is 0 Å². The van der Waals surface area contributed by atoms with Crippen LogP contribution in [0.15, 0.2) is 54.6 Å². The number of fused-ring (bicyclic) bond motifs is 1. The molecule has 3 atom stereocenters. The number of carbonyl (C=O) groups is 2.